The van der Waals surface area contributed by atoms with Gasteiger partial charge in [-0.1, -0.05) is 0 Å². The van der Waals surface area contributed by atoms with E-state index in [0.717, 1.165) is 8.49 Å². The van der Waals surface area contributed by atoms with Crippen molar-refractivity contribution in [3.05, 3.63) is 27.5 Å². The van der Waals surface area contributed by atoms with Crippen LogP contribution in [0, 0.1) is 0 Å². The SMILES string of the molecule is O=C(O)c1cc(O)c2cc(Br)sc2c1. The molecule has 0 radical (unpaired) electrons. The minimum absolute atomic E-state index is 0.00171. The first-order valence-electron chi connectivity index (χ1n) is 3.73. The highest BCUT2D eigenvalue weighted by atomic mass is 79.9. The van der Waals surface area contributed by atoms with Crippen molar-refractivity contribution in [3.8, 4) is 5.75 Å². The molecule has 0 atom stereocenters. The van der Waals surface area contributed by atoms with Crippen LogP contribution in [0.15, 0.2) is 22.0 Å². The molecule has 0 unspecified atom stereocenters. The summed E-state index contributed by atoms with van der Waals surface area (Å²) < 4.78 is 1.62. The van der Waals surface area contributed by atoms with Crippen LogP contribution < -0.4 is 0 Å². The van der Waals surface area contributed by atoms with Gasteiger partial charge in [-0.3, -0.25) is 0 Å². The number of phenols is 1. The zero-order chi connectivity index (χ0) is 10.3. The number of carboxylic acid groups (broad SMARTS) is 1. The number of halogens is 1. The van der Waals surface area contributed by atoms with E-state index in [0.29, 0.717) is 5.39 Å². The lowest BCUT2D eigenvalue weighted by atomic mass is 10.1. The molecule has 14 heavy (non-hydrogen) atoms. The van der Waals surface area contributed by atoms with E-state index in [9.17, 15) is 9.90 Å². The summed E-state index contributed by atoms with van der Waals surface area (Å²) in [6, 6.07) is 4.57. The molecule has 72 valence electrons. The Bertz CT molecular complexity index is 518. The Morgan fingerprint density at radius 3 is 2.71 bits per heavy atom. The maximum Gasteiger partial charge on any atom is 0.335 e. The number of hydrogen-bond acceptors (Lipinski definition) is 3. The molecule has 2 N–H and O–H groups in total. The molecule has 0 saturated heterocycles. The number of thiophene rings is 1. The van der Waals surface area contributed by atoms with Gasteiger partial charge in [0.05, 0.1) is 9.35 Å². The van der Waals surface area contributed by atoms with E-state index in [1.54, 1.807) is 12.1 Å². The molecule has 0 aliphatic carbocycles. The second kappa shape index (κ2) is 3.25. The third-order valence-electron chi connectivity index (χ3n) is 1.83. The lowest BCUT2D eigenvalue weighted by Crippen LogP contribution is -1.94. The van der Waals surface area contributed by atoms with E-state index in [-0.39, 0.29) is 11.3 Å². The summed E-state index contributed by atoms with van der Waals surface area (Å²) in [5, 5.41) is 19.0. The summed E-state index contributed by atoms with van der Waals surface area (Å²) in [4.78, 5) is 10.7. The number of phenolic OH excluding ortho intramolecular Hbond substituents is 1. The lowest BCUT2D eigenvalue weighted by Gasteiger charge is -1.97. The minimum atomic E-state index is -1.04. The molecule has 1 heterocycles. The number of benzene rings is 1. The summed E-state index contributed by atoms with van der Waals surface area (Å²) in [6.45, 7) is 0. The molecular weight excluding hydrogens is 268 g/mol. The van der Waals surface area contributed by atoms with Crippen molar-refractivity contribution >= 4 is 43.3 Å². The fourth-order valence-electron chi connectivity index (χ4n) is 1.21. The Balaban J connectivity index is 2.77. The van der Waals surface area contributed by atoms with E-state index < -0.39 is 5.97 Å². The van der Waals surface area contributed by atoms with E-state index in [1.165, 1.54) is 17.4 Å². The standard InChI is InChI=1S/C9H5BrO3S/c10-8-3-5-6(11)1-4(9(12)13)2-7(5)14-8/h1-3,11H,(H,12,13). The van der Waals surface area contributed by atoms with Crippen LogP contribution in [-0.4, -0.2) is 16.2 Å². The largest absolute Gasteiger partial charge is 0.507 e. The van der Waals surface area contributed by atoms with Crippen LogP contribution in [0.2, 0.25) is 0 Å². The van der Waals surface area contributed by atoms with Gasteiger partial charge < -0.3 is 10.2 Å². The van der Waals surface area contributed by atoms with Gasteiger partial charge in [-0.05, 0) is 34.1 Å². The van der Waals surface area contributed by atoms with Crippen LogP contribution in [0.1, 0.15) is 10.4 Å². The van der Waals surface area contributed by atoms with Crippen molar-refractivity contribution in [2.45, 2.75) is 0 Å². The van der Waals surface area contributed by atoms with Gasteiger partial charge >= 0.3 is 5.97 Å². The highest BCUT2D eigenvalue weighted by Gasteiger charge is 2.10. The molecule has 2 rings (SSSR count). The fourth-order valence-corrected chi connectivity index (χ4v) is 2.81. The average Bonchev–Trinajstić information content (AvgIpc) is 2.45. The quantitative estimate of drug-likeness (QED) is 0.839. The van der Waals surface area contributed by atoms with Gasteiger partial charge in [0, 0.05) is 10.1 Å². The van der Waals surface area contributed by atoms with Crippen molar-refractivity contribution in [1.29, 1.82) is 0 Å². The topological polar surface area (TPSA) is 57.5 Å². The summed E-state index contributed by atoms with van der Waals surface area (Å²) in [5.41, 5.74) is 0.101. The zero-order valence-corrected chi connectivity index (χ0v) is 9.22. The van der Waals surface area contributed by atoms with Gasteiger partial charge in [0.2, 0.25) is 0 Å². The van der Waals surface area contributed by atoms with Crippen LogP contribution in [0.4, 0.5) is 0 Å². The maximum absolute atomic E-state index is 10.7. The van der Waals surface area contributed by atoms with E-state index in [1.807, 2.05) is 0 Å². The smallest absolute Gasteiger partial charge is 0.335 e. The van der Waals surface area contributed by atoms with Crippen molar-refractivity contribution in [1.82, 2.24) is 0 Å². The van der Waals surface area contributed by atoms with Gasteiger partial charge in [0.25, 0.3) is 0 Å². The number of aromatic hydroxyl groups is 1. The molecule has 0 aliphatic heterocycles. The number of carbonyl (C=O) groups is 1. The Hall–Kier alpha value is -1.07. The Kier molecular flexibility index (Phi) is 2.20. The molecule has 5 heteroatoms. The van der Waals surface area contributed by atoms with Crippen LogP contribution in [0.5, 0.6) is 5.75 Å². The predicted molar refractivity (Wildman–Crippen MR) is 58.1 cm³/mol. The van der Waals surface area contributed by atoms with Crippen LogP contribution in [0.25, 0.3) is 10.1 Å². The second-order valence-corrected chi connectivity index (χ2v) is 5.23. The highest BCUT2D eigenvalue weighted by molar-refractivity contribution is 9.11. The van der Waals surface area contributed by atoms with E-state index >= 15 is 0 Å². The van der Waals surface area contributed by atoms with Gasteiger partial charge in [-0.2, -0.15) is 0 Å². The van der Waals surface area contributed by atoms with Gasteiger partial charge in [0.15, 0.2) is 0 Å². The first kappa shape index (κ1) is 9.48. The second-order valence-electron chi connectivity index (χ2n) is 2.76. The zero-order valence-electron chi connectivity index (χ0n) is 6.82. The van der Waals surface area contributed by atoms with Gasteiger partial charge in [0.1, 0.15) is 5.75 Å². The fraction of sp³-hybridized carbons (Fsp3) is 0. The molecule has 0 aliphatic rings. The summed E-state index contributed by atoms with van der Waals surface area (Å²) in [7, 11) is 0. The van der Waals surface area contributed by atoms with Crippen LogP contribution in [0.3, 0.4) is 0 Å². The molecular formula is C9H5BrO3S. The first-order valence-corrected chi connectivity index (χ1v) is 5.34. The molecule has 1 aromatic carbocycles. The molecule has 1 aromatic heterocycles. The van der Waals surface area contributed by atoms with E-state index in [2.05, 4.69) is 15.9 Å². The molecule has 0 bridgehead atoms. The van der Waals surface area contributed by atoms with Crippen molar-refractivity contribution in [2.24, 2.45) is 0 Å². The Labute approximate surface area is 91.7 Å². The normalized spacial score (nSPS) is 10.6. The molecule has 3 nitrogen and oxygen atoms in total. The van der Waals surface area contributed by atoms with Crippen molar-refractivity contribution in [3.63, 3.8) is 0 Å². The average molecular weight is 273 g/mol. The molecule has 0 saturated carbocycles. The minimum Gasteiger partial charge on any atom is -0.507 e. The molecule has 0 spiro atoms. The number of hydrogen-bond donors (Lipinski definition) is 2. The van der Waals surface area contributed by atoms with Gasteiger partial charge in [-0.25, -0.2) is 4.79 Å². The third kappa shape index (κ3) is 1.49. The number of rotatable bonds is 1. The first-order chi connectivity index (χ1) is 6.58. The van der Waals surface area contributed by atoms with Crippen molar-refractivity contribution < 1.29 is 15.0 Å². The predicted octanol–water partition coefficient (Wildman–Crippen LogP) is 3.07. The van der Waals surface area contributed by atoms with Crippen LogP contribution >= 0.6 is 27.3 Å². The molecule has 0 fully saturated rings. The number of fused-ring (bicyclic) bond motifs is 1. The summed E-state index contributed by atoms with van der Waals surface area (Å²) in [5.74, 6) is -1.03. The monoisotopic (exact) mass is 272 g/mol. The highest BCUT2D eigenvalue weighted by Crippen LogP contribution is 2.35. The third-order valence-corrected chi connectivity index (χ3v) is 3.42. The number of aromatic carboxylic acids is 1. The van der Waals surface area contributed by atoms with E-state index in [4.69, 9.17) is 5.11 Å². The Morgan fingerprint density at radius 1 is 1.36 bits per heavy atom. The van der Waals surface area contributed by atoms with Crippen molar-refractivity contribution in [2.75, 3.05) is 0 Å². The van der Waals surface area contributed by atoms with Crippen LogP contribution in [-0.2, 0) is 0 Å². The lowest BCUT2D eigenvalue weighted by molar-refractivity contribution is 0.0696. The maximum atomic E-state index is 10.7. The molecule has 0 amide bonds. The molecule has 2 aromatic rings. The Morgan fingerprint density at radius 2 is 2.07 bits per heavy atom. The van der Waals surface area contributed by atoms with Gasteiger partial charge in [-0.15, -0.1) is 11.3 Å². The number of carboxylic acids is 1. The summed E-state index contributed by atoms with van der Waals surface area (Å²) >= 11 is 4.67. The summed E-state index contributed by atoms with van der Waals surface area (Å²) in [6.07, 6.45) is 0.